The van der Waals surface area contributed by atoms with Gasteiger partial charge in [-0.05, 0) is 0 Å². The zero-order valence-electron chi connectivity index (χ0n) is 6.37. The first-order chi connectivity index (χ1) is 5.70. The lowest BCUT2D eigenvalue weighted by Crippen LogP contribution is -2.34. The summed E-state index contributed by atoms with van der Waals surface area (Å²) < 4.78 is 5.00. The van der Waals surface area contributed by atoms with Crippen LogP contribution in [-0.4, -0.2) is 52.6 Å². The molecule has 5 N–H and O–H groups in total. The van der Waals surface area contributed by atoms with Crippen LogP contribution in [0.1, 0.15) is 0 Å². The molecule has 0 saturated carbocycles. The van der Waals surface area contributed by atoms with Crippen LogP contribution >= 0.6 is 0 Å². The number of aliphatic hydroxyl groups excluding tert-OH is 3. The van der Waals surface area contributed by atoms with Crippen LogP contribution in [0.2, 0.25) is 0 Å². The molecular weight excluding hydrogens is 164 g/mol. The average Bonchev–Trinajstić information content (AvgIpc) is 2.33. The zero-order chi connectivity index (χ0) is 9.14. The Morgan fingerprint density at radius 2 is 2.08 bits per heavy atom. The molecule has 0 aromatic heterocycles. The van der Waals surface area contributed by atoms with E-state index in [0.717, 1.165) is 0 Å². The predicted octanol–water partition coefficient (Wildman–Crippen LogP) is -2.59. The van der Waals surface area contributed by atoms with Crippen LogP contribution in [0.25, 0.3) is 0 Å². The number of nitrogens with zero attached hydrogens (tertiary/aromatic N) is 1. The summed E-state index contributed by atoms with van der Waals surface area (Å²) in [4.78, 5) is 0. The standard InChI is InChI=1S/C6H12N2O4/c7-8-1-3-5(10)6(11)4(2-9)12-3/h1,3-6,9-11H,2,7H2/b8-1+/t3-,4+,5+,6+/m0/s1. The smallest absolute Gasteiger partial charge is 0.123 e. The first-order valence-corrected chi connectivity index (χ1v) is 3.56. The molecule has 12 heavy (non-hydrogen) atoms. The van der Waals surface area contributed by atoms with Gasteiger partial charge in [0.25, 0.3) is 0 Å². The number of ether oxygens (including phenoxy) is 1. The third-order valence-electron chi connectivity index (χ3n) is 1.81. The molecular formula is C6H12N2O4. The van der Waals surface area contributed by atoms with E-state index >= 15 is 0 Å². The molecule has 1 heterocycles. The normalized spacial score (nSPS) is 42.6. The Labute approximate surface area is 69.3 Å². The molecule has 0 aliphatic carbocycles. The molecule has 1 fully saturated rings. The van der Waals surface area contributed by atoms with E-state index in [0.29, 0.717) is 0 Å². The summed E-state index contributed by atoms with van der Waals surface area (Å²) in [5.41, 5.74) is 0. The molecule has 0 bridgehead atoms. The molecule has 0 spiro atoms. The van der Waals surface area contributed by atoms with Crippen LogP contribution in [0.5, 0.6) is 0 Å². The molecule has 1 saturated heterocycles. The van der Waals surface area contributed by atoms with Gasteiger partial charge in [0.1, 0.15) is 24.4 Å². The highest BCUT2D eigenvalue weighted by molar-refractivity contribution is 5.64. The summed E-state index contributed by atoms with van der Waals surface area (Å²) in [6.07, 6.45) is -2.47. The molecule has 1 rings (SSSR count). The number of nitrogens with two attached hydrogens (primary N) is 1. The second-order valence-electron chi connectivity index (χ2n) is 2.60. The van der Waals surface area contributed by atoms with Gasteiger partial charge in [0.05, 0.1) is 12.8 Å². The minimum Gasteiger partial charge on any atom is -0.394 e. The minimum absolute atomic E-state index is 0.340. The fourth-order valence-corrected chi connectivity index (χ4v) is 1.14. The van der Waals surface area contributed by atoms with Crippen molar-refractivity contribution in [2.45, 2.75) is 24.4 Å². The van der Waals surface area contributed by atoms with Gasteiger partial charge in [0, 0.05) is 0 Å². The van der Waals surface area contributed by atoms with E-state index in [4.69, 9.17) is 15.7 Å². The predicted molar refractivity (Wildman–Crippen MR) is 40.4 cm³/mol. The summed E-state index contributed by atoms with van der Waals surface area (Å²) in [6.45, 7) is -0.340. The molecule has 0 unspecified atom stereocenters. The maximum atomic E-state index is 9.26. The van der Waals surface area contributed by atoms with Gasteiger partial charge in [-0.3, -0.25) is 0 Å². The lowest BCUT2D eigenvalue weighted by Gasteiger charge is -2.10. The number of aliphatic hydroxyl groups is 3. The third-order valence-corrected chi connectivity index (χ3v) is 1.81. The Morgan fingerprint density at radius 1 is 1.42 bits per heavy atom. The van der Waals surface area contributed by atoms with Crippen molar-refractivity contribution in [3.8, 4) is 0 Å². The molecule has 70 valence electrons. The van der Waals surface area contributed by atoms with E-state index in [9.17, 15) is 10.2 Å². The van der Waals surface area contributed by atoms with E-state index in [2.05, 4.69) is 5.10 Å². The van der Waals surface area contributed by atoms with Gasteiger partial charge in [0.2, 0.25) is 0 Å². The van der Waals surface area contributed by atoms with Crippen molar-refractivity contribution in [2.24, 2.45) is 10.9 Å². The van der Waals surface area contributed by atoms with Crippen LogP contribution in [0.15, 0.2) is 5.10 Å². The van der Waals surface area contributed by atoms with Crippen molar-refractivity contribution < 1.29 is 20.1 Å². The maximum Gasteiger partial charge on any atom is 0.123 e. The average molecular weight is 176 g/mol. The highest BCUT2D eigenvalue weighted by Gasteiger charge is 2.41. The maximum absolute atomic E-state index is 9.26. The molecule has 6 nitrogen and oxygen atoms in total. The van der Waals surface area contributed by atoms with Crippen LogP contribution in [0, 0.1) is 0 Å². The first kappa shape index (κ1) is 9.40. The van der Waals surface area contributed by atoms with Crippen molar-refractivity contribution in [1.82, 2.24) is 0 Å². The monoisotopic (exact) mass is 176 g/mol. The Bertz CT molecular complexity index is 175. The van der Waals surface area contributed by atoms with E-state index in [1.807, 2.05) is 0 Å². The topological polar surface area (TPSA) is 108 Å². The highest BCUT2D eigenvalue weighted by atomic mass is 16.6. The number of rotatable bonds is 2. The molecule has 6 heteroatoms. The Balaban J connectivity index is 2.60. The summed E-state index contributed by atoms with van der Waals surface area (Å²) in [7, 11) is 0. The SMILES string of the molecule is N/N=C/[C@@H]1O[C@H](CO)[C@@H](O)[C@@H]1O. The van der Waals surface area contributed by atoms with Gasteiger partial charge >= 0.3 is 0 Å². The first-order valence-electron chi connectivity index (χ1n) is 3.56. The van der Waals surface area contributed by atoms with Crippen molar-refractivity contribution in [1.29, 1.82) is 0 Å². The molecule has 1 aliphatic heterocycles. The Kier molecular flexibility index (Phi) is 2.99. The second-order valence-corrected chi connectivity index (χ2v) is 2.60. The largest absolute Gasteiger partial charge is 0.394 e. The molecule has 4 atom stereocenters. The van der Waals surface area contributed by atoms with E-state index in [1.165, 1.54) is 6.21 Å². The number of hydrogen-bond donors (Lipinski definition) is 4. The van der Waals surface area contributed by atoms with Crippen molar-refractivity contribution in [3.63, 3.8) is 0 Å². The van der Waals surface area contributed by atoms with Gasteiger partial charge in [-0.1, -0.05) is 0 Å². The summed E-state index contributed by atoms with van der Waals surface area (Å²) >= 11 is 0. The summed E-state index contributed by atoms with van der Waals surface area (Å²) in [6, 6.07) is 0. The fraction of sp³-hybridized carbons (Fsp3) is 0.833. The number of hydrazone groups is 1. The van der Waals surface area contributed by atoms with Gasteiger partial charge in [-0.2, -0.15) is 5.10 Å². The van der Waals surface area contributed by atoms with Gasteiger partial charge in [-0.15, -0.1) is 0 Å². The Hall–Kier alpha value is -0.690. The minimum atomic E-state index is -1.09. The van der Waals surface area contributed by atoms with Gasteiger partial charge in [0.15, 0.2) is 0 Å². The summed E-state index contributed by atoms with van der Waals surface area (Å²) in [5, 5.41) is 30.3. The van der Waals surface area contributed by atoms with Crippen molar-refractivity contribution in [3.05, 3.63) is 0 Å². The van der Waals surface area contributed by atoms with Crippen LogP contribution in [-0.2, 0) is 4.74 Å². The van der Waals surface area contributed by atoms with E-state index in [-0.39, 0.29) is 6.61 Å². The van der Waals surface area contributed by atoms with Crippen LogP contribution in [0.4, 0.5) is 0 Å². The lowest BCUT2D eigenvalue weighted by atomic mass is 10.1. The number of hydrogen-bond acceptors (Lipinski definition) is 6. The molecule has 0 aromatic carbocycles. The lowest BCUT2D eigenvalue weighted by molar-refractivity contribution is -0.00957. The zero-order valence-corrected chi connectivity index (χ0v) is 6.37. The van der Waals surface area contributed by atoms with Gasteiger partial charge < -0.3 is 25.9 Å². The van der Waals surface area contributed by atoms with Crippen LogP contribution in [0.3, 0.4) is 0 Å². The Morgan fingerprint density at radius 3 is 2.50 bits per heavy atom. The van der Waals surface area contributed by atoms with E-state index < -0.39 is 24.4 Å². The van der Waals surface area contributed by atoms with E-state index in [1.54, 1.807) is 0 Å². The second kappa shape index (κ2) is 3.81. The summed E-state index contributed by atoms with van der Waals surface area (Å²) in [5.74, 6) is 4.84. The quantitative estimate of drug-likeness (QED) is 0.210. The highest BCUT2D eigenvalue weighted by Crippen LogP contribution is 2.19. The van der Waals surface area contributed by atoms with Crippen molar-refractivity contribution in [2.75, 3.05) is 6.61 Å². The van der Waals surface area contributed by atoms with Crippen molar-refractivity contribution >= 4 is 6.21 Å². The third kappa shape index (κ3) is 1.56. The molecule has 1 aliphatic rings. The molecule has 0 radical (unpaired) electrons. The fourth-order valence-electron chi connectivity index (χ4n) is 1.14. The molecule has 0 amide bonds. The van der Waals surface area contributed by atoms with Gasteiger partial charge in [-0.25, -0.2) is 0 Å². The molecule has 0 aromatic rings. The van der Waals surface area contributed by atoms with Crippen LogP contribution < -0.4 is 5.84 Å².